The van der Waals surface area contributed by atoms with Gasteiger partial charge in [0, 0.05) is 37.2 Å². The third-order valence-electron chi connectivity index (χ3n) is 4.69. The molecule has 0 N–H and O–H groups in total. The lowest BCUT2D eigenvalue weighted by atomic mass is 9.81. The largest absolute Gasteiger partial charge is 0.361 e. The monoisotopic (exact) mass is 335 g/mol. The minimum atomic E-state index is -0.690. The average molecular weight is 335 g/mol. The Hall–Kier alpha value is -1.85. The average Bonchev–Trinajstić information content (AvgIpc) is 2.84. The number of aromatic nitrogens is 1. The van der Waals surface area contributed by atoms with Crippen LogP contribution in [-0.4, -0.2) is 52.9 Å². The minimum Gasteiger partial charge on any atom is -0.361 e. The molecule has 0 aliphatic carbocycles. The summed E-state index contributed by atoms with van der Waals surface area (Å²) in [4.78, 5) is 29.1. The SMILES string of the molecule is Cc1noc(C)c1C(C)(C)C(=O)N1CCN(C(=O)C(C)(C)C)CC1. The highest BCUT2D eigenvalue weighted by Gasteiger charge is 2.40. The molecule has 134 valence electrons. The summed E-state index contributed by atoms with van der Waals surface area (Å²) in [5.74, 6) is 0.881. The van der Waals surface area contributed by atoms with Crippen molar-refractivity contribution in [2.24, 2.45) is 5.41 Å². The third-order valence-corrected chi connectivity index (χ3v) is 4.69. The first-order chi connectivity index (χ1) is 11.0. The van der Waals surface area contributed by atoms with Crippen molar-refractivity contribution in [3.63, 3.8) is 0 Å². The molecule has 0 radical (unpaired) electrons. The molecule has 1 saturated heterocycles. The molecule has 24 heavy (non-hydrogen) atoms. The zero-order valence-corrected chi connectivity index (χ0v) is 15.9. The zero-order chi connectivity index (χ0) is 18.3. The summed E-state index contributed by atoms with van der Waals surface area (Å²) >= 11 is 0. The summed E-state index contributed by atoms with van der Waals surface area (Å²) < 4.78 is 5.23. The Morgan fingerprint density at radius 2 is 1.38 bits per heavy atom. The van der Waals surface area contributed by atoms with E-state index in [1.54, 1.807) is 0 Å². The predicted octanol–water partition coefficient (Wildman–Crippen LogP) is 2.29. The summed E-state index contributed by atoms with van der Waals surface area (Å²) in [7, 11) is 0. The Kier molecular flexibility index (Phi) is 4.79. The number of rotatable bonds is 2. The molecule has 6 nitrogen and oxygen atoms in total. The lowest BCUT2D eigenvalue weighted by Crippen LogP contribution is -2.56. The standard InChI is InChI=1S/C18H29N3O3/c1-12-14(13(2)24-19-12)18(6,7)16(23)21-10-8-20(9-11-21)15(22)17(3,4)5/h8-11H2,1-7H3. The molecule has 1 aliphatic heterocycles. The zero-order valence-electron chi connectivity index (χ0n) is 15.9. The van der Waals surface area contributed by atoms with E-state index < -0.39 is 5.41 Å². The van der Waals surface area contributed by atoms with Crippen LogP contribution in [0.5, 0.6) is 0 Å². The van der Waals surface area contributed by atoms with E-state index in [0.29, 0.717) is 31.9 Å². The Morgan fingerprint density at radius 3 is 1.75 bits per heavy atom. The van der Waals surface area contributed by atoms with E-state index in [2.05, 4.69) is 5.16 Å². The molecule has 1 fully saturated rings. The van der Waals surface area contributed by atoms with E-state index in [9.17, 15) is 9.59 Å². The molecule has 1 aromatic heterocycles. The Morgan fingerprint density at radius 1 is 0.917 bits per heavy atom. The summed E-state index contributed by atoms with van der Waals surface area (Å²) in [6, 6.07) is 0. The van der Waals surface area contributed by atoms with Crippen molar-refractivity contribution in [2.45, 2.75) is 53.9 Å². The van der Waals surface area contributed by atoms with Gasteiger partial charge in [-0.1, -0.05) is 25.9 Å². The molecule has 0 aromatic carbocycles. The van der Waals surface area contributed by atoms with Gasteiger partial charge in [0.05, 0.1) is 11.1 Å². The maximum atomic E-state index is 13.0. The number of aryl methyl sites for hydroxylation is 2. The highest BCUT2D eigenvalue weighted by atomic mass is 16.5. The number of carbonyl (C=O) groups is 2. The van der Waals surface area contributed by atoms with Gasteiger partial charge in [0.25, 0.3) is 0 Å². The van der Waals surface area contributed by atoms with E-state index in [-0.39, 0.29) is 17.2 Å². The molecule has 2 amide bonds. The van der Waals surface area contributed by atoms with E-state index >= 15 is 0 Å². The quantitative estimate of drug-likeness (QED) is 0.832. The van der Waals surface area contributed by atoms with E-state index in [1.807, 2.05) is 58.3 Å². The molecular weight excluding hydrogens is 306 g/mol. The maximum absolute atomic E-state index is 13.0. The second-order valence-electron chi connectivity index (χ2n) is 8.16. The van der Waals surface area contributed by atoms with Crippen LogP contribution in [0.4, 0.5) is 0 Å². The summed E-state index contributed by atoms with van der Waals surface area (Å²) in [5, 5.41) is 3.97. The Labute approximate surface area is 144 Å². The molecule has 2 rings (SSSR count). The second kappa shape index (κ2) is 6.22. The molecule has 2 heterocycles. The second-order valence-corrected chi connectivity index (χ2v) is 8.16. The minimum absolute atomic E-state index is 0.0553. The van der Waals surface area contributed by atoms with Gasteiger partial charge in [0.15, 0.2) is 0 Å². The predicted molar refractivity (Wildman–Crippen MR) is 91.6 cm³/mol. The first-order valence-electron chi connectivity index (χ1n) is 8.48. The van der Waals surface area contributed by atoms with Gasteiger partial charge in [0.2, 0.25) is 11.8 Å². The van der Waals surface area contributed by atoms with Crippen LogP contribution in [0.2, 0.25) is 0 Å². The highest BCUT2D eigenvalue weighted by molar-refractivity contribution is 5.88. The van der Waals surface area contributed by atoms with E-state index in [1.165, 1.54) is 0 Å². The lowest BCUT2D eigenvalue weighted by molar-refractivity contribution is -0.146. The van der Waals surface area contributed by atoms with Crippen molar-refractivity contribution in [3.8, 4) is 0 Å². The summed E-state index contributed by atoms with van der Waals surface area (Å²) in [6.07, 6.45) is 0. The normalized spacial score (nSPS) is 16.5. The lowest BCUT2D eigenvalue weighted by Gasteiger charge is -2.40. The van der Waals surface area contributed by atoms with E-state index in [0.717, 1.165) is 11.3 Å². The molecule has 1 aliphatic rings. The van der Waals surface area contributed by atoms with Gasteiger partial charge in [-0.05, 0) is 27.7 Å². The van der Waals surface area contributed by atoms with Crippen LogP contribution in [0.25, 0.3) is 0 Å². The van der Waals surface area contributed by atoms with Gasteiger partial charge in [-0.25, -0.2) is 0 Å². The summed E-state index contributed by atoms with van der Waals surface area (Å²) in [5.41, 5.74) is 0.542. The topological polar surface area (TPSA) is 66.7 Å². The molecule has 0 unspecified atom stereocenters. The van der Waals surface area contributed by atoms with Crippen LogP contribution in [0.15, 0.2) is 4.52 Å². The fourth-order valence-corrected chi connectivity index (χ4v) is 3.46. The fourth-order valence-electron chi connectivity index (χ4n) is 3.46. The van der Waals surface area contributed by atoms with Gasteiger partial charge < -0.3 is 14.3 Å². The van der Waals surface area contributed by atoms with Crippen LogP contribution < -0.4 is 0 Å². The number of hydrogen-bond donors (Lipinski definition) is 0. The van der Waals surface area contributed by atoms with Crippen molar-refractivity contribution in [1.82, 2.24) is 15.0 Å². The van der Waals surface area contributed by atoms with Crippen molar-refractivity contribution in [1.29, 1.82) is 0 Å². The number of amides is 2. The molecular formula is C18H29N3O3. The van der Waals surface area contributed by atoms with Gasteiger partial charge in [-0.15, -0.1) is 0 Å². The van der Waals surface area contributed by atoms with Crippen LogP contribution in [-0.2, 0) is 15.0 Å². The van der Waals surface area contributed by atoms with E-state index in [4.69, 9.17) is 4.52 Å². The molecule has 0 bridgehead atoms. The van der Waals surface area contributed by atoms with Gasteiger partial charge in [0.1, 0.15) is 5.76 Å². The maximum Gasteiger partial charge on any atom is 0.232 e. The van der Waals surface area contributed by atoms with Crippen molar-refractivity contribution in [3.05, 3.63) is 17.0 Å². The smallest absolute Gasteiger partial charge is 0.232 e. The summed E-state index contributed by atoms with van der Waals surface area (Å²) in [6.45, 7) is 15.6. The highest BCUT2D eigenvalue weighted by Crippen LogP contribution is 2.31. The van der Waals surface area contributed by atoms with Crippen LogP contribution in [0.3, 0.4) is 0 Å². The number of hydrogen-bond acceptors (Lipinski definition) is 4. The van der Waals surface area contributed by atoms with Crippen LogP contribution in [0, 0.1) is 19.3 Å². The van der Waals surface area contributed by atoms with Gasteiger partial charge in [-0.2, -0.15) is 0 Å². The number of carbonyl (C=O) groups excluding carboxylic acids is 2. The Bertz CT molecular complexity index is 613. The molecule has 6 heteroatoms. The molecule has 0 spiro atoms. The fraction of sp³-hybridized carbons (Fsp3) is 0.722. The Balaban J connectivity index is 2.09. The molecule has 1 aromatic rings. The number of piperazine rings is 1. The van der Waals surface area contributed by atoms with Crippen molar-refractivity contribution in [2.75, 3.05) is 26.2 Å². The van der Waals surface area contributed by atoms with Crippen LogP contribution >= 0.6 is 0 Å². The first-order valence-corrected chi connectivity index (χ1v) is 8.48. The van der Waals surface area contributed by atoms with Crippen molar-refractivity contribution >= 4 is 11.8 Å². The van der Waals surface area contributed by atoms with Crippen LogP contribution in [0.1, 0.15) is 51.6 Å². The number of nitrogens with zero attached hydrogens (tertiary/aromatic N) is 3. The molecule has 0 atom stereocenters. The molecule has 0 saturated carbocycles. The first kappa shape index (κ1) is 18.5. The third kappa shape index (κ3) is 3.32. The van der Waals surface area contributed by atoms with Gasteiger partial charge in [-0.3, -0.25) is 9.59 Å². The van der Waals surface area contributed by atoms with Crippen molar-refractivity contribution < 1.29 is 14.1 Å². The van der Waals surface area contributed by atoms with Gasteiger partial charge >= 0.3 is 0 Å².